The summed E-state index contributed by atoms with van der Waals surface area (Å²) in [5.41, 5.74) is 1.93. The molecule has 0 fully saturated rings. The third-order valence-electron chi connectivity index (χ3n) is 5.13. The third-order valence-corrected chi connectivity index (χ3v) is 8.30. The van der Waals surface area contributed by atoms with Gasteiger partial charge in [0.15, 0.2) is 0 Å². The SMILES string of the molecule is O=C(CN(c1ccccc1Cl)S(=O)(=O)c1ccccc1)Nc1ccc(CSc2ccccc2)cc1. The molecule has 0 spiro atoms. The lowest BCUT2D eigenvalue weighted by Gasteiger charge is -2.25. The Kier molecular flexibility index (Phi) is 8.13. The normalized spacial score (nSPS) is 11.1. The monoisotopic (exact) mass is 522 g/mol. The number of amides is 1. The van der Waals surface area contributed by atoms with E-state index in [0.717, 1.165) is 15.6 Å². The van der Waals surface area contributed by atoms with Crippen molar-refractivity contribution in [2.45, 2.75) is 15.5 Å². The number of nitrogens with zero attached hydrogens (tertiary/aromatic N) is 1. The molecule has 0 atom stereocenters. The first kappa shape index (κ1) is 24.9. The average Bonchev–Trinajstić information content (AvgIpc) is 2.88. The quantitative estimate of drug-likeness (QED) is 0.256. The van der Waals surface area contributed by atoms with Crippen LogP contribution in [0.25, 0.3) is 0 Å². The number of hydrogen-bond donors (Lipinski definition) is 1. The van der Waals surface area contributed by atoms with Gasteiger partial charge in [0.2, 0.25) is 5.91 Å². The molecular formula is C27H23ClN2O3S2. The van der Waals surface area contributed by atoms with Gasteiger partial charge < -0.3 is 5.32 Å². The van der Waals surface area contributed by atoms with Crippen LogP contribution >= 0.6 is 23.4 Å². The number of thioether (sulfide) groups is 1. The van der Waals surface area contributed by atoms with Crippen molar-refractivity contribution in [2.24, 2.45) is 0 Å². The van der Waals surface area contributed by atoms with Crippen LogP contribution < -0.4 is 9.62 Å². The van der Waals surface area contributed by atoms with E-state index in [2.05, 4.69) is 17.4 Å². The first-order valence-electron chi connectivity index (χ1n) is 10.8. The summed E-state index contributed by atoms with van der Waals surface area (Å²) in [6, 6.07) is 32.2. The van der Waals surface area contributed by atoms with Crippen molar-refractivity contribution in [3.05, 3.63) is 120 Å². The second-order valence-corrected chi connectivity index (χ2v) is 10.9. The number of nitrogens with one attached hydrogen (secondary N) is 1. The van der Waals surface area contributed by atoms with Gasteiger partial charge in [0.1, 0.15) is 6.54 Å². The molecule has 0 aromatic heterocycles. The molecule has 0 unspecified atom stereocenters. The molecular weight excluding hydrogens is 500 g/mol. The topological polar surface area (TPSA) is 66.5 Å². The van der Waals surface area contributed by atoms with Gasteiger partial charge in [0.05, 0.1) is 15.6 Å². The van der Waals surface area contributed by atoms with Crippen LogP contribution in [0, 0.1) is 0 Å². The minimum atomic E-state index is -4.02. The van der Waals surface area contributed by atoms with Crippen LogP contribution in [-0.4, -0.2) is 20.9 Å². The molecule has 0 aliphatic rings. The van der Waals surface area contributed by atoms with E-state index in [4.69, 9.17) is 11.6 Å². The largest absolute Gasteiger partial charge is 0.325 e. The van der Waals surface area contributed by atoms with Gasteiger partial charge in [-0.25, -0.2) is 8.42 Å². The average molecular weight is 523 g/mol. The number of carbonyl (C=O) groups is 1. The summed E-state index contributed by atoms with van der Waals surface area (Å²) in [5, 5.41) is 3.03. The highest BCUT2D eigenvalue weighted by molar-refractivity contribution is 7.98. The molecule has 0 radical (unpaired) electrons. The number of halogens is 1. The van der Waals surface area contributed by atoms with E-state index >= 15 is 0 Å². The third kappa shape index (κ3) is 6.45. The molecule has 0 saturated carbocycles. The molecule has 0 saturated heterocycles. The molecule has 0 aliphatic heterocycles. The van der Waals surface area contributed by atoms with Crippen molar-refractivity contribution >= 4 is 50.7 Å². The Morgan fingerprint density at radius 1 is 0.800 bits per heavy atom. The Morgan fingerprint density at radius 2 is 1.40 bits per heavy atom. The molecule has 35 heavy (non-hydrogen) atoms. The zero-order valence-electron chi connectivity index (χ0n) is 18.7. The molecule has 0 bridgehead atoms. The van der Waals surface area contributed by atoms with Crippen molar-refractivity contribution < 1.29 is 13.2 Å². The summed E-state index contributed by atoms with van der Waals surface area (Å²) in [6.07, 6.45) is 0. The second-order valence-electron chi connectivity index (χ2n) is 7.62. The molecule has 4 rings (SSSR count). The van der Waals surface area contributed by atoms with E-state index in [1.54, 1.807) is 54.2 Å². The zero-order chi connectivity index (χ0) is 24.7. The fraction of sp³-hybridized carbons (Fsp3) is 0.0741. The lowest BCUT2D eigenvalue weighted by atomic mass is 10.2. The Balaban J connectivity index is 1.48. The molecule has 4 aromatic rings. The van der Waals surface area contributed by atoms with Crippen LogP contribution in [0.5, 0.6) is 0 Å². The first-order chi connectivity index (χ1) is 16.9. The van der Waals surface area contributed by atoms with Gasteiger partial charge in [-0.05, 0) is 54.1 Å². The van der Waals surface area contributed by atoms with E-state index < -0.39 is 22.5 Å². The highest BCUT2D eigenvalue weighted by Crippen LogP contribution is 2.30. The minimum Gasteiger partial charge on any atom is -0.325 e. The van der Waals surface area contributed by atoms with Crippen LogP contribution in [0.3, 0.4) is 0 Å². The summed E-state index contributed by atoms with van der Waals surface area (Å²) in [7, 11) is -4.02. The maximum Gasteiger partial charge on any atom is 0.264 e. The van der Waals surface area contributed by atoms with Crippen LogP contribution in [0.2, 0.25) is 5.02 Å². The van der Waals surface area contributed by atoms with E-state index in [9.17, 15) is 13.2 Å². The predicted molar refractivity (Wildman–Crippen MR) is 144 cm³/mol. The molecule has 4 aromatic carbocycles. The summed E-state index contributed by atoms with van der Waals surface area (Å²) in [5.74, 6) is 0.323. The van der Waals surface area contributed by atoms with Gasteiger partial charge in [-0.15, -0.1) is 11.8 Å². The molecule has 0 heterocycles. The summed E-state index contributed by atoms with van der Waals surface area (Å²) < 4.78 is 27.8. The smallest absolute Gasteiger partial charge is 0.264 e. The number of hydrogen-bond acceptors (Lipinski definition) is 4. The number of para-hydroxylation sites is 1. The summed E-state index contributed by atoms with van der Waals surface area (Å²) in [4.78, 5) is 14.2. The predicted octanol–water partition coefficient (Wildman–Crippen LogP) is 6.47. The van der Waals surface area contributed by atoms with Crippen molar-refractivity contribution in [3.63, 3.8) is 0 Å². The fourth-order valence-electron chi connectivity index (χ4n) is 3.37. The van der Waals surface area contributed by atoms with E-state index in [1.807, 2.05) is 42.5 Å². The number of rotatable bonds is 9. The molecule has 8 heteroatoms. The van der Waals surface area contributed by atoms with Crippen molar-refractivity contribution in [3.8, 4) is 0 Å². The summed E-state index contributed by atoms with van der Waals surface area (Å²) in [6.45, 7) is -0.424. The number of sulfonamides is 1. The van der Waals surface area contributed by atoms with E-state index in [1.165, 1.54) is 17.0 Å². The molecule has 1 N–H and O–H groups in total. The molecule has 5 nitrogen and oxygen atoms in total. The zero-order valence-corrected chi connectivity index (χ0v) is 21.1. The minimum absolute atomic E-state index is 0.0768. The summed E-state index contributed by atoms with van der Waals surface area (Å²) >= 11 is 8.04. The van der Waals surface area contributed by atoms with Crippen LogP contribution in [0.1, 0.15) is 5.56 Å². The van der Waals surface area contributed by atoms with Crippen molar-refractivity contribution in [2.75, 3.05) is 16.2 Å². The fourth-order valence-corrected chi connectivity index (χ4v) is 6.00. The Morgan fingerprint density at radius 3 is 2.06 bits per heavy atom. The van der Waals surface area contributed by atoms with Gasteiger partial charge >= 0.3 is 0 Å². The Labute approximate surface area is 214 Å². The standard InChI is InChI=1S/C27H23ClN2O3S2/c28-25-13-7-8-14-26(25)30(35(32,33)24-11-5-2-6-12-24)19-27(31)29-22-17-15-21(16-18-22)20-34-23-9-3-1-4-10-23/h1-18H,19-20H2,(H,29,31). The highest BCUT2D eigenvalue weighted by Gasteiger charge is 2.28. The van der Waals surface area contributed by atoms with Crippen LogP contribution in [0.4, 0.5) is 11.4 Å². The van der Waals surface area contributed by atoms with Crippen molar-refractivity contribution in [1.82, 2.24) is 0 Å². The Hall–Kier alpha value is -3.26. The molecule has 1 amide bonds. The number of carbonyl (C=O) groups excluding carboxylic acids is 1. The van der Waals surface area contributed by atoms with Crippen LogP contribution in [0.15, 0.2) is 119 Å². The lowest BCUT2D eigenvalue weighted by molar-refractivity contribution is -0.114. The van der Waals surface area contributed by atoms with Gasteiger partial charge in [-0.3, -0.25) is 9.10 Å². The lowest BCUT2D eigenvalue weighted by Crippen LogP contribution is -2.38. The van der Waals surface area contributed by atoms with Gasteiger partial charge in [-0.2, -0.15) is 0 Å². The maximum atomic E-state index is 13.4. The first-order valence-corrected chi connectivity index (χ1v) is 13.6. The van der Waals surface area contributed by atoms with E-state index in [-0.39, 0.29) is 15.6 Å². The molecule has 178 valence electrons. The van der Waals surface area contributed by atoms with Crippen molar-refractivity contribution in [1.29, 1.82) is 0 Å². The number of benzene rings is 4. The van der Waals surface area contributed by atoms with Gasteiger partial charge in [0, 0.05) is 16.3 Å². The van der Waals surface area contributed by atoms with Gasteiger partial charge in [-0.1, -0.05) is 72.3 Å². The second kappa shape index (κ2) is 11.4. The van der Waals surface area contributed by atoms with Gasteiger partial charge in [0.25, 0.3) is 10.0 Å². The highest BCUT2D eigenvalue weighted by atomic mass is 35.5. The Bertz CT molecular complexity index is 1380. The van der Waals surface area contributed by atoms with Crippen LogP contribution in [-0.2, 0) is 20.6 Å². The maximum absolute atomic E-state index is 13.4. The number of anilines is 2. The van der Waals surface area contributed by atoms with E-state index in [0.29, 0.717) is 5.69 Å². The molecule has 0 aliphatic carbocycles.